The van der Waals surface area contributed by atoms with Gasteiger partial charge in [0.2, 0.25) is 0 Å². The van der Waals surface area contributed by atoms with E-state index >= 15 is 0 Å². The SMILES string of the molecule is Cn1cncc1C1CCN(Cc2cc3cc(Cl)ccc3[nH]2)CC1. The lowest BCUT2D eigenvalue weighted by molar-refractivity contribution is 0.200. The molecule has 2 aromatic heterocycles. The second-order valence-electron chi connectivity index (χ2n) is 6.51. The normalized spacial score (nSPS) is 17.1. The predicted octanol–water partition coefficient (Wildman–Crippen LogP) is 3.93. The zero-order chi connectivity index (χ0) is 15.8. The highest BCUT2D eigenvalue weighted by Crippen LogP contribution is 2.28. The summed E-state index contributed by atoms with van der Waals surface area (Å²) in [5, 5.41) is 1.98. The fourth-order valence-corrected chi connectivity index (χ4v) is 3.82. The number of rotatable bonds is 3. The van der Waals surface area contributed by atoms with Crippen LogP contribution in [0.15, 0.2) is 36.8 Å². The first-order valence-electron chi connectivity index (χ1n) is 8.15. The molecule has 0 bridgehead atoms. The van der Waals surface area contributed by atoms with E-state index in [0.29, 0.717) is 5.92 Å². The Morgan fingerprint density at radius 2 is 2.09 bits per heavy atom. The second kappa shape index (κ2) is 6.02. The van der Waals surface area contributed by atoms with Gasteiger partial charge in [-0.25, -0.2) is 4.98 Å². The van der Waals surface area contributed by atoms with Crippen LogP contribution >= 0.6 is 11.6 Å². The molecule has 1 aliphatic heterocycles. The molecule has 3 heterocycles. The fourth-order valence-electron chi connectivity index (χ4n) is 3.64. The summed E-state index contributed by atoms with van der Waals surface area (Å²) in [6.45, 7) is 3.24. The Bertz CT molecular complexity index is 811. The van der Waals surface area contributed by atoms with Crippen molar-refractivity contribution >= 4 is 22.5 Å². The van der Waals surface area contributed by atoms with Crippen molar-refractivity contribution in [2.24, 2.45) is 7.05 Å². The molecule has 1 aromatic carbocycles. The van der Waals surface area contributed by atoms with Gasteiger partial charge in [0.25, 0.3) is 0 Å². The molecule has 1 fully saturated rings. The molecule has 1 saturated heterocycles. The van der Waals surface area contributed by atoms with E-state index < -0.39 is 0 Å². The summed E-state index contributed by atoms with van der Waals surface area (Å²) in [7, 11) is 2.09. The maximum absolute atomic E-state index is 6.07. The molecule has 4 rings (SSSR count). The summed E-state index contributed by atoms with van der Waals surface area (Å²) in [6.07, 6.45) is 6.32. The third kappa shape index (κ3) is 3.01. The zero-order valence-corrected chi connectivity index (χ0v) is 14.1. The molecule has 5 heteroatoms. The second-order valence-corrected chi connectivity index (χ2v) is 6.94. The van der Waals surface area contributed by atoms with E-state index in [1.807, 2.05) is 24.7 Å². The number of hydrogen-bond acceptors (Lipinski definition) is 2. The first-order valence-corrected chi connectivity index (χ1v) is 8.52. The summed E-state index contributed by atoms with van der Waals surface area (Å²) in [6, 6.07) is 8.22. The van der Waals surface area contributed by atoms with Gasteiger partial charge in [-0.3, -0.25) is 4.90 Å². The number of benzene rings is 1. The molecule has 120 valence electrons. The largest absolute Gasteiger partial charge is 0.357 e. The zero-order valence-electron chi connectivity index (χ0n) is 13.3. The van der Waals surface area contributed by atoms with Gasteiger partial charge in [-0.15, -0.1) is 0 Å². The number of nitrogens with zero attached hydrogens (tertiary/aromatic N) is 3. The van der Waals surface area contributed by atoms with Crippen LogP contribution < -0.4 is 0 Å². The van der Waals surface area contributed by atoms with Crippen molar-refractivity contribution in [3.05, 3.63) is 53.2 Å². The summed E-state index contributed by atoms with van der Waals surface area (Å²) in [4.78, 5) is 10.3. The lowest BCUT2D eigenvalue weighted by Gasteiger charge is -2.31. The third-order valence-corrected chi connectivity index (χ3v) is 5.13. The van der Waals surface area contributed by atoms with E-state index in [1.54, 1.807) is 0 Å². The number of hydrogen-bond donors (Lipinski definition) is 1. The summed E-state index contributed by atoms with van der Waals surface area (Å²) in [5.41, 5.74) is 3.79. The molecule has 0 unspecified atom stereocenters. The monoisotopic (exact) mass is 328 g/mol. The summed E-state index contributed by atoms with van der Waals surface area (Å²) in [5.74, 6) is 0.639. The molecule has 0 aliphatic carbocycles. The van der Waals surface area contributed by atoms with Gasteiger partial charge in [-0.1, -0.05) is 11.6 Å². The number of imidazole rings is 1. The number of H-pyrrole nitrogens is 1. The molecule has 3 aromatic rings. The molecule has 4 nitrogen and oxygen atoms in total. The van der Waals surface area contributed by atoms with E-state index in [2.05, 4.69) is 38.6 Å². The minimum absolute atomic E-state index is 0.639. The highest BCUT2D eigenvalue weighted by Gasteiger charge is 2.22. The van der Waals surface area contributed by atoms with Gasteiger partial charge >= 0.3 is 0 Å². The number of piperidine rings is 1. The molecular formula is C18H21ClN4. The number of likely N-dealkylation sites (tertiary alicyclic amines) is 1. The van der Waals surface area contributed by atoms with E-state index in [-0.39, 0.29) is 0 Å². The number of fused-ring (bicyclic) bond motifs is 1. The molecule has 0 radical (unpaired) electrons. The molecule has 0 atom stereocenters. The van der Waals surface area contributed by atoms with E-state index in [0.717, 1.165) is 30.2 Å². The predicted molar refractivity (Wildman–Crippen MR) is 93.8 cm³/mol. The summed E-state index contributed by atoms with van der Waals surface area (Å²) < 4.78 is 2.15. The highest BCUT2D eigenvalue weighted by molar-refractivity contribution is 6.31. The Hall–Kier alpha value is -1.78. The van der Waals surface area contributed by atoms with Crippen LogP contribution in [0.2, 0.25) is 5.02 Å². The topological polar surface area (TPSA) is 36.9 Å². The lowest BCUT2D eigenvalue weighted by atomic mass is 9.94. The highest BCUT2D eigenvalue weighted by atomic mass is 35.5. The first kappa shape index (κ1) is 14.8. The van der Waals surface area contributed by atoms with Gasteiger partial charge < -0.3 is 9.55 Å². The van der Waals surface area contributed by atoms with Crippen LogP contribution in [0.5, 0.6) is 0 Å². The quantitative estimate of drug-likeness (QED) is 0.790. The van der Waals surface area contributed by atoms with Crippen molar-refractivity contribution in [1.82, 2.24) is 19.4 Å². The van der Waals surface area contributed by atoms with Gasteiger partial charge in [0, 0.05) is 53.0 Å². The Morgan fingerprint density at radius 1 is 1.26 bits per heavy atom. The molecular weight excluding hydrogens is 308 g/mol. The van der Waals surface area contributed by atoms with Crippen molar-refractivity contribution in [3.8, 4) is 0 Å². The van der Waals surface area contributed by atoms with Crippen molar-refractivity contribution in [1.29, 1.82) is 0 Å². The minimum atomic E-state index is 0.639. The van der Waals surface area contributed by atoms with Crippen LogP contribution in [0, 0.1) is 0 Å². The van der Waals surface area contributed by atoms with Crippen LogP contribution in [0.25, 0.3) is 10.9 Å². The van der Waals surface area contributed by atoms with Gasteiger partial charge in [0.1, 0.15) is 0 Å². The number of aromatic nitrogens is 3. The Labute approximate surface area is 141 Å². The van der Waals surface area contributed by atoms with Crippen molar-refractivity contribution in [2.45, 2.75) is 25.3 Å². The number of halogens is 1. The van der Waals surface area contributed by atoms with Crippen LogP contribution in [-0.4, -0.2) is 32.5 Å². The van der Waals surface area contributed by atoms with Crippen LogP contribution in [0.3, 0.4) is 0 Å². The Kier molecular flexibility index (Phi) is 3.87. The molecule has 1 aliphatic rings. The van der Waals surface area contributed by atoms with Crippen molar-refractivity contribution in [2.75, 3.05) is 13.1 Å². The average molecular weight is 329 g/mol. The lowest BCUT2D eigenvalue weighted by Crippen LogP contribution is -2.33. The number of aromatic amines is 1. The van der Waals surface area contributed by atoms with E-state index in [1.165, 1.54) is 29.6 Å². The first-order chi connectivity index (χ1) is 11.2. The Morgan fingerprint density at radius 3 is 2.83 bits per heavy atom. The Balaban J connectivity index is 1.41. The molecule has 0 amide bonds. The fraction of sp³-hybridized carbons (Fsp3) is 0.389. The van der Waals surface area contributed by atoms with Crippen LogP contribution in [0.1, 0.15) is 30.1 Å². The maximum Gasteiger partial charge on any atom is 0.0945 e. The van der Waals surface area contributed by atoms with Crippen LogP contribution in [-0.2, 0) is 13.6 Å². The number of nitrogens with one attached hydrogen (secondary N) is 1. The van der Waals surface area contributed by atoms with Gasteiger partial charge in [-0.05, 0) is 50.2 Å². The molecule has 0 saturated carbocycles. The molecule has 23 heavy (non-hydrogen) atoms. The maximum atomic E-state index is 6.07. The summed E-state index contributed by atoms with van der Waals surface area (Å²) >= 11 is 6.07. The van der Waals surface area contributed by atoms with E-state index in [4.69, 9.17) is 11.6 Å². The standard InChI is InChI=1S/C18H21ClN4/c1-22-12-20-10-18(22)13-4-6-23(7-5-13)11-16-9-14-8-15(19)2-3-17(14)21-16/h2-3,8-10,12-13,21H,4-7,11H2,1H3. The third-order valence-electron chi connectivity index (χ3n) is 4.89. The van der Waals surface area contributed by atoms with Crippen molar-refractivity contribution < 1.29 is 0 Å². The smallest absolute Gasteiger partial charge is 0.0945 e. The average Bonchev–Trinajstić information content (AvgIpc) is 3.13. The minimum Gasteiger partial charge on any atom is -0.357 e. The van der Waals surface area contributed by atoms with E-state index in [9.17, 15) is 0 Å². The number of aryl methyl sites for hydroxylation is 1. The molecule has 0 spiro atoms. The van der Waals surface area contributed by atoms with Crippen LogP contribution in [0.4, 0.5) is 0 Å². The van der Waals surface area contributed by atoms with Gasteiger partial charge in [0.15, 0.2) is 0 Å². The van der Waals surface area contributed by atoms with Gasteiger partial charge in [-0.2, -0.15) is 0 Å². The molecule has 1 N–H and O–H groups in total. The van der Waals surface area contributed by atoms with Crippen molar-refractivity contribution in [3.63, 3.8) is 0 Å². The van der Waals surface area contributed by atoms with Gasteiger partial charge in [0.05, 0.1) is 6.33 Å².